The molecule has 0 fully saturated rings. The van der Waals surface area contributed by atoms with Gasteiger partial charge in [0.05, 0.1) is 22.1 Å². The summed E-state index contributed by atoms with van der Waals surface area (Å²) in [7, 11) is 0. The van der Waals surface area contributed by atoms with E-state index in [0.717, 1.165) is 28.6 Å². The zero-order valence-corrected chi connectivity index (χ0v) is 15.1. The Morgan fingerprint density at radius 2 is 1.12 bits per heavy atom. The first kappa shape index (κ1) is 18.8. The van der Waals surface area contributed by atoms with Crippen LogP contribution in [0, 0.1) is 0 Å². The Balaban J connectivity index is 0.000000184. The highest BCUT2D eigenvalue weighted by Gasteiger charge is 1.98. The molecule has 0 N–H and O–H groups in total. The monoisotopic (exact) mass is 351 g/mol. The predicted molar refractivity (Wildman–Crippen MR) is 98.6 cm³/mol. The van der Waals surface area contributed by atoms with E-state index in [1.807, 2.05) is 54.6 Å². The average molecular weight is 352 g/mol. The van der Waals surface area contributed by atoms with Gasteiger partial charge in [-0.15, -0.1) is 0 Å². The van der Waals surface area contributed by atoms with E-state index in [1.165, 1.54) is 12.8 Å². The highest BCUT2D eigenvalue weighted by atomic mass is 35.5. The Labute approximate surface area is 154 Å². The summed E-state index contributed by atoms with van der Waals surface area (Å²) in [6.07, 6.45) is 6.75. The van der Waals surface area contributed by atoms with Crippen LogP contribution in [-0.4, -0.2) is 9.97 Å². The SMILES string of the molecule is CCCC[n+]1ccccc1.[Cl-].c1ccc2nc3ccccc3nc2c1. The third-order valence-electron chi connectivity index (χ3n) is 3.79. The molecule has 0 aliphatic rings. The normalized spacial score (nSPS) is 9.96. The molecular formula is C21H22ClN3. The van der Waals surface area contributed by atoms with Crippen LogP contribution in [0.25, 0.3) is 22.1 Å². The van der Waals surface area contributed by atoms with Gasteiger partial charge in [0.25, 0.3) is 0 Å². The van der Waals surface area contributed by atoms with Crippen molar-refractivity contribution in [2.75, 3.05) is 0 Å². The molecule has 0 radical (unpaired) electrons. The molecule has 2 aromatic heterocycles. The van der Waals surface area contributed by atoms with Gasteiger partial charge in [0.1, 0.15) is 6.54 Å². The summed E-state index contributed by atoms with van der Waals surface area (Å²) in [5, 5.41) is 0. The Morgan fingerprint density at radius 1 is 0.680 bits per heavy atom. The number of aryl methyl sites for hydroxylation is 1. The molecule has 0 saturated heterocycles. The second-order valence-corrected chi connectivity index (χ2v) is 5.67. The van der Waals surface area contributed by atoms with E-state index in [-0.39, 0.29) is 12.4 Å². The number of aromatic nitrogens is 3. The largest absolute Gasteiger partial charge is 1.00 e. The lowest BCUT2D eigenvalue weighted by atomic mass is 10.2. The fourth-order valence-corrected chi connectivity index (χ4v) is 2.49. The van der Waals surface area contributed by atoms with E-state index in [4.69, 9.17) is 0 Å². The molecule has 0 unspecified atom stereocenters. The molecule has 0 spiro atoms. The van der Waals surface area contributed by atoms with E-state index < -0.39 is 0 Å². The number of halogens is 1. The Morgan fingerprint density at radius 3 is 1.52 bits per heavy atom. The highest BCUT2D eigenvalue weighted by molar-refractivity contribution is 5.85. The second-order valence-electron chi connectivity index (χ2n) is 5.67. The van der Waals surface area contributed by atoms with Gasteiger partial charge in [0.2, 0.25) is 0 Å². The molecule has 4 aromatic rings. The van der Waals surface area contributed by atoms with Gasteiger partial charge >= 0.3 is 0 Å². The first-order chi connectivity index (χ1) is 11.9. The van der Waals surface area contributed by atoms with Crippen LogP contribution in [0.2, 0.25) is 0 Å². The lowest BCUT2D eigenvalue weighted by molar-refractivity contribution is -0.697. The third kappa shape index (κ3) is 5.23. The third-order valence-corrected chi connectivity index (χ3v) is 3.79. The lowest BCUT2D eigenvalue weighted by Gasteiger charge is -1.98. The summed E-state index contributed by atoms with van der Waals surface area (Å²) in [4.78, 5) is 9.03. The molecular weight excluding hydrogens is 330 g/mol. The zero-order chi connectivity index (χ0) is 16.6. The smallest absolute Gasteiger partial charge is 0.168 e. The van der Waals surface area contributed by atoms with Crippen LogP contribution in [0.4, 0.5) is 0 Å². The molecule has 0 atom stereocenters. The van der Waals surface area contributed by atoms with E-state index in [9.17, 15) is 0 Å². The Hall–Kier alpha value is -2.52. The molecule has 0 bridgehead atoms. The lowest BCUT2D eigenvalue weighted by Crippen LogP contribution is -3.00. The number of hydrogen-bond donors (Lipinski definition) is 0. The maximum absolute atomic E-state index is 4.52. The van der Waals surface area contributed by atoms with Crippen molar-refractivity contribution in [3.8, 4) is 0 Å². The van der Waals surface area contributed by atoms with Crippen molar-refractivity contribution >= 4 is 22.1 Å². The predicted octanol–water partition coefficient (Wildman–Crippen LogP) is 1.56. The van der Waals surface area contributed by atoms with Crippen molar-refractivity contribution in [1.82, 2.24) is 9.97 Å². The molecule has 128 valence electrons. The quantitative estimate of drug-likeness (QED) is 0.414. The number of fused-ring (bicyclic) bond motifs is 2. The molecule has 25 heavy (non-hydrogen) atoms. The minimum absolute atomic E-state index is 0. The van der Waals surface area contributed by atoms with Gasteiger partial charge < -0.3 is 12.4 Å². The van der Waals surface area contributed by atoms with E-state index in [1.54, 1.807) is 0 Å². The number of para-hydroxylation sites is 4. The minimum Gasteiger partial charge on any atom is -1.00 e. The van der Waals surface area contributed by atoms with E-state index >= 15 is 0 Å². The Bertz CT molecular complexity index is 805. The number of hydrogen-bond acceptors (Lipinski definition) is 2. The molecule has 0 saturated carbocycles. The standard InChI is InChI=1S/C12H8N2.C9H14N.ClH/c1-2-6-10-9(5-1)13-11-7-3-4-8-12(11)14-10;1-2-3-7-10-8-5-4-6-9-10;/h1-8H;4-6,8-9H,2-3,7H2,1H3;1H/q;+1;/p-1. The molecule has 0 aliphatic heterocycles. The summed E-state index contributed by atoms with van der Waals surface area (Å²) in [6, 6.07) is 22.0. The highest BCUT2D eigenvalue weighted by Crippen LogP contribution is 2.14. The minimum atomic E-state index is 0. The number of nitrogens with zero attached hydrogens (tertiary/aromatic N) is 3. The number of rotatable bonds is 3. The molecule has 0 amide bonds. The average Bonchev–Trinajstić information content (AvgIpc) is 2.66. The van der Waals surface area contributed by atoms with Gasteiger partial charge in [-0.05, 0) is 24.3 Å². The summed E-state index contributed by atoms with van der Waals surface area (Å²) in [5.74, 6) is 0. The van der Waals surface area contributed by atoms with Gasteiger partial charge in [-0.1, -0.05) is 43.7 Å². The Kier molecular flexibility index (Phi) is 7.30. The van der Waals surface area contributed by atoms with Crippen LogP contribution in [0.3, 0.4) is 0 Å². The van der Waals surface area contributed by atoms with Crippen molar-refractivity contribution in [3.63, 3.8) is 0 Å². The van der Waals surface area contributed by atoms with Crippen molar-refractivity contribution < 1.29 is 17.0 Å². The van der Waals surface area contributed by atoms with Gasteiger partial charge in [0.15, 0.2) is 12.4 Å². The topological polar surface area (TPSA) is 29.7 Å². The molecule has 3 nitrogen and oxygen atoms in total. The van der Waals surface area contributed by atoms with Crippen LogP contribution in [-0.2, 0) is 6.54 Å². The zero-order valence-electron chi connectivity index (χ0n) is 14.3. The van der Waals surface area contributed by atoms with Crippen molar-refractivity contribution in [2.45, 2.75) is 26.3 Å². The summed E-state index contributed by atoms with van der Waals surface area (Å²) >= 11 is 0. The van der Waals surface area contributed by atoms with Gasteiger partial charge in [-0.3, -0.25) is 0 Å². The number of benzene rings is 2. The molecule has 2 heterocycles. The molecule has 2 aromatic carbocycles. The van der Waals surface area contributed by atoms with Gasteiger partial charge in [-0.25, -0.2) is 14.5 Å². The number of pyridine rings is 1. The summed E-state index contributed by atoms with van der Waals surface area (Å²) in [6.45, 7) is 3.36. The van der Waals surface area contributed by atoms with Crippen molar-refractivity contribution in [3.05, 3.63) is 79.1 Å². The fourth-order valence-electron chi connectivity index (χ4n) is 2.49. The van der Waals surface area contributed by atoms with Crippen LogP contribution in [0.1, 0.15) is 19.8 Å². The maximum Gasteiger partial charge on any atom is 0.168 e. The molecule has 4 rings (SSSR count). The second kappa shape index (κ2) is 9.70. The van der Waals surface area contributed by atoms with Crippen molar-refractivity contribution in [2.24, 2.45) is 0 Å². The summed E-state index contributed by atoms with van der Waals surface area (Å²) < 4.78 is 2.21. The molecule has 4 heteroatoms. The fraction of sp³-hybridized carbons (Fsp3) is 0.190. The van der Waals surface area contributed by atoms with Gasteiger partial charge in [-0.2, -0.15) is 0 Å². The van der Waals surface area contributed by atoms with E-state index in [2.05, 4.69) is 46.0 Å². The first-order valence-electron chi connectivity index (χ1n) is 8.42. The van der Waals surface area contributed by atoms with Crippen LogP contribution in [0.5, 0.6) is 0 Å². The van der Waals surface area contributed by atoms with Crippen LogP contribution < -0.4 is 17.0 Å². The maximum atomic E-state index is 4.52. The number of unbranched alkanes of at least 4 members (excludes halogenated alkanes) is 1. The molecule has 0 aliphatic carbocycles. The van der Waals surface area contributed by atoms with Crippen LogP contribution in [0.15, 0.2) is 79.1 Å². The van der Waals surface area contributed by atoms with Gasteiger partial charge in [0, 0.05) is 18.6 Å². The van der Waals surface area contributed by atoms with Crippen molar-refractivity contribution in [1.29, 1.82) is 0 Å². The summed E-state index contributed by atoms with van der Waals surface area (Å²) in [5.41, 5.74) is 3.80. The van der Waals surface area contributed by atoms with E-state index in [0.29, 0.717) is 0 Å². The van der Waals surface area contributed by atoms with Crippen LogP contribution >= 0.6 is 0 Å². The first-order valence-corrected chi connectivity index (χ1v) is 8.42.